The number of nitrogens with zero attached hydrogens (tertiary/aromatic N) is 5. The second-order valence-electron chi connectivity index (χ2n) is 6.43. The zero-order chi connectivity index (χ0) is 20.5. The molecule has 4 unspecified atom stereocenters. The van der Waals surface area contributed by atoms with Crippen molar-refractivity contribution in [2.45, 2.75) is 24.5 Å². The molecule has 1 fully saturated rings. The number of hydrogen-bond donors (Lipinski definition) is 6. The van der Waals surface area contributed by atoms with E-state index in [1.54, 1.807) is 12.1 Å². The van der Waals surface area contributed by atoms with Crippen molar-refractivity contribution in [3.63, 3.8) is 0 Å². The van der Waals surface area contributed by atoms with Crippen LogP contribution in [0.25, 0.3) is 11.2 Å². The minimum atomic E-state index is -1.35. The second-order valence-corrected chi connectivity index (χ2v) is 6.43. The van der Waals surface area contributed by atoms with Crippen molar-refractivity contribution >= 4 is 29.1 Å². The zero-order valence-corrected chi connectivity index (χ0v) is 15.0. The molecule has 0 aliphatic carbocycles. The van der Waals surface area contributed by atoms with Gasteiger partial charge in [0.05, 0.1) is 12.8 Å². The van der Waals surface area contributed by atoms with E-state index >= 15 is 0 Å². The maximum atomic E-state index is 10.4. The molecule has 4 atom stereocenters. The first kappa shape index (κ1) is 19.0. The van der Waals surface area contributed by atoms with Gasteiger partial charge in [-0.2, -0.15) is 5.10 Å². The monoisotopic (exact) mass is 401 g/mol. The Balaban J connectivity index is 1.72. The highest BCUT2D eigenvalue weighted by atomic mass is 16.6. The number of aromatic nitrogens is 4. The summed E-state index contributed by atoms with van der Waals surface area (Å²) in [7, 11) is 0. The van der Waals surface area contributed by atoms with Crippen LogP contribution in [-0.2, 0) is 4.74 Å². The van der Waals surface area contributed by atoms with Crippen LogP contribution in [0.4, 0.5) is 11.8 Å². The summed E-state index contributed by atoms with van der Waals surface area (Å²) in [6.45, 7) is -0.475. The molecule has 1 aliphatic heterocycles. The van der Waals surface area contributed by atoms with Gasteiger partial charge in [0.25, 0.3) is 0 Å². The fraction of sp³-hybridized carbons (Fsp3) is 0.294. The lowest BCUT2D eigenvalue weighted by molar-refractivity contribution is -0.0501. The minimum Gasteiger partial charge on any atom is -0.508 e. The molecule has 3 aromatic rings. The Bertz CT molecular complexity index is 1060. The van der Waals surface area contributed by atoms with Crippen molar-refractivity contribution in [1.29, 1.82) is 0 Å². The quantitative estimate of drug-likeness (QED) is 0.233. The molecule has 0 spiro atoms. The van der Waals surface area contributed by atoms with Crippen LogP contribution in [0.5, 0.6) is 5.75 Å². The number of aromatic hydroxyl groups is 1. The molecular formula is C17H19N7O5. The number of aliphatic hydroxyl groups excluding tert-OH is 3. The number of hydrazone groups is 1. The van der Waals surface area contributed by atoms with Crippen LogP contribution in [0.3, 0.4) is 0 Å². The number of aliphatic hydroxyl groups is 3. The highest BCUT2D eigenvalue weighted by Gasteiger charge is 2.45. The van der Waals surface area contributed by atoms with Gasteiger partial charge in [-0.25, -0.2) is 20.4 Å². The summed E-state index contributed by atoms with van der Waals surface area (Å²) >= 11 is 0. The van der Waals surface area contributed by atoms with Gasteiger partial charge in [0.1, 0.15) is 30.4 Å². The Morgan fingerprint density at radius 2 is 2.10 bits per heavy atom. The van der Waals surface area contributed by atoms with Gasteiger partial charge in [0, 0.05) is 0 Å². The van der Waals surface area contributed by atoms with Gasteiger partial charge >= 0.3 is 0 Å². The summed E-state index contributed by atoms with van der Waals surface area (Å²) in [6, 6.07) is 6.46. The summed E-state index contributed by atoms with van der Waals surface area (Å²) in [5.41, 5.74) is 9.73. The summed E-state index contributed by atoms with van der Waals surface area (Å²) in [5, 5.41) is 43.5. The van der Waals surface area contributed by atoms with E-state index in [-0.39, 0.29) is 28.7 Å². The Morgan fingerprint density at radius 3 is 2.83 bits per heavy atom. The maximum Gasteiger partial charge on any atom is 0.228 e. The lowest BCUT2D eigenvalue weighted by atomic mass is 10.1. The number of phenols is 1. The smallest absolute Gasteiger partial charge is 0.228 e. The van der Waals surface area contributed by atoms with Crippen LogP contribution in [-0.4, -0.2) is 71.1 Å². The molecule has 12 heteroatoms. The molecule has 3 heterocycles. The first-order valence-corrected chi connectivity index (χ1v) is 8.68. The summed E-state index contributed by atoms with van der Waals surface area (Å²) in [4.78, 5) is 12.4. The fourth-order valence-corrected chi connectivity index (χ4v) is 3.11. The zero-order valence-electron chi connectivity index (χ0n) is 15.0. The molecule has 0 amide bonds. The SMILES string of the molecule is Nc1ncnc2c1nc(NN=Cc1cccc(O)c1)n2C1OC(CO)C(O)C1O. The number of rotatable bonds is 5. The molecule has 2 aromatic heterocycles. The van der Waals surface area contributed by atoms with Crippen LogP contribution in [0.2, 0.25) is 0 Å². The lowest BCUT2D eigenvalue weighted by Gasteiger charge is -2.18. The Morgan fingerprint density at radius 1 is 1.28 bits per heavy atom. The van der Waals surface area contributed by atoms with E-state index in [4.69, 9.17) is 10.5 Å². The predicted octanol–water partition coefficient (Wildman–Crippen LogP) is -0.828. The van der Waals surface area contributed by atoms with E-state index in [0.717, 1.165) is 0 Å². The Kier molecular flexibility index (Phi) is 4.98. The molecular weight excluding hydrogens is 382 g/mol. The number of nitrogen functional groups attached to an aromatic ring is 1. The third-order valence-corrected chi connectivity index (χ3v) is 4.53. The van der Waals surface area contributed by atoms with E-state index < -0.39 is 31.1 Å². The molecule has 1 aliphatic rings. The molecule has 0 bridgehead atoms. The molecule has 7 N–H and O–H groups in total. The Hall–Kier alpha value is -3.32. The summed E-state index contributed by atoms with van der Waals surface area (Å²) in [6.07, 6.45) is -2.04. The van der Waals surface area contributed by atoms with Crippen molar-refractivity contribution in [3.05, 3.63) is 36.2 Å². The van der Waals surface area contributed by atoms with Crippen molar-refractivity contribution in [2.75, 3.05) is 17.8 Å². The van der Waals surface area contributed by atoms with Gasteiger partial charge in [-0.1, -0.05) is 12.1 Å². The van der Waals surface area contributed by atoms with E-state index in [0.29, 0.717) is 5.56 Å². The van der Waals surface area contributed by atoms with Crippen molar-refractivity contribution in [2.24, 2.45) is 5.10 Å². The Labute approximate surface area is 163 Å². The van der Waals surface area contributed by atoms with Gasteiger partial charge in [0.2, 0.25) is 5.95 Å². The average molecular weight is 401 g/mol. The van der Waals surface area contributed by atoms with Crippen LogP contribution in [0.1, 0.15) is 11.8 Å². The normalized spacial score (nSPS) is 24.5. The average Bonchev–Trinajstić information content (AvgIpc) is 3.20. The minimum absolute atomic E-state index is 0.0933. The first-order valence-electron chi connectivity index (χ1n) is 8.68. The molecule has 1 aromatic carbocycles. The largest absolute Gasteiger partial charge is 0.508 e. The van der Waals surface area contributed by atoms with Gasteiger partial charge in [-0.3, -0.25) is 4.57 Å². The highest BCUT2D eigenvalue weighted by Crippen LogP contribution is 2.35. The van der Waals surface area contributed by atoms with Gasteiger partial charge < -0.3 is 30.9 Å². The standard InChI is InChI=1S/C17H19N7O5/c18-14-11-15(20-7-19-14)24(16-13(28)12(27)10(6-25)29-16)17(22-11)23-21-5-8-2-1-3-9(26)4-8/h1-5,7,10,12-13,16,25-28H,6H2,(H,22,23)(H2,18,19,20). The molecule has 4 rings (SSSR count). The number of anilines is 2. The number of phenolic OH excluding ortho intramolecular Hbond substituents is 1. The maximum absolute atomic E-state index is 10.4. The number of nitrogens with two attached hydrogens (primary N) is 1. The van der Waals surface area contributed by atoms with Gasteiger partial charge in [-0.15, -0.1) is 0 Å². The number of imidazole rings is 1. The van der Waals surface area contributed by atoms with Gasteiger partial charge in [0.15, 0.2) is 23.2 Å². The van der Waals surface area contributed by atoms with E-state index in [1.807, 2.05) is 0 Å². The lowest BCUT2D eigenvalue weighted by Crippen LogP contribution is -2.33. The van der Waals surface area contributed by atoms with Crippen molar-refractivity contribution < 1.29 is 25.2 Å². The van der Waals surface area contributed by atoms with Crippen LogP contribution < -0.4 is 11.2 Å². The number of fused-ring (bicyclic) bond motifs is 1. The van der Waals surface area contributed by atoms with Crippen LogP contribution in [0.15, 0.2) is 35.7 Å². The molecule has 1 saturated heterocycles. The fourth-order valence-electron chi connectivity index (χ4n) is 3.11. The predicted molar refractivity (Wildman–Crippen MR) is 102 cm³/mol. The van der Waals surface area contributed by atoms with Crippen LogP contribution >= 0.6 is 0 Å². The highest BCUT2D eigenvalue weighted by molar-refractivity contribution is 5.84. The topological polar surface area (TPSA) is 184 Å². The molecule has 0 saturated carbocycles. The summed E-state index contributed by atoms with van der Waals surface area (Å²) in [5.74, 6) is 0.328. The van der Waals surface area contributed by atoms with Crippen molar-refractivity contribution in [1.82, 2.24) is 19.5 Å². The number of benzene rings is 1. The van der Waals surface area contributed by atoms with Crippen LogP contribution in [0, 0.1) is 0 Å². The molecule has 0 radical (unpaired) electrons. The molecule has 12 nitrogen and oxygen atoms in total. The third-order valence-electron chi connectivity index (χ3n) is 4.53. The van der Waals surface area contributed by atoms with E-state index in [1.165, 1.54) is 29.2 Å². The third kappa shape index (κ3) is 3.45. The van der Waals surface area contributed by atoms with E-state index in [2.05, 4.69) is 25.5 Å². The van der Waals surface area contributed by atoms with Crippen molar-refractivity contribution in [3.8, 4) is 5.75 Å². The number of nitrogens with one attached hydrogen (secondary N) is 1. The number of ether oxygens (including phenoxy) is 1. The summed E-state index contributed by atoms with van der Waals surface area (Å²) < 4.78 is 6.98. The first-order chi connectivity index (χ1) is 14.0. The van der Waals surface area contributed by atoms with E-state index in [9.17, 15) is 20.4 Å². The molecule has 29 heavy (non-hydrogen) atoms. The van der Waals surface area contributed by atoms with Gasteiger partial charge in [-0.05, 0) is 17.7 Å². The number of hydrogen-bond acceptors (Lipinski definition) is 11. The second kappa shape index (κ2) is 7.60. The molecule has 152 valence electrons.